The minimum absolute atomic E-state index is 0.191. The second-order valence-electron chi connectivity index (χ2n) is 3.79. The molecule has 0 amide bonds. The lowest BCUT2D eigenvalue weighted by Crippen LogP contribution is -2.24. The number of nitrogens with zero attached hydrogens (tertiary/aromatic N) is 1. The highest BCUT2D eigenvalue weighted by Gasteiger charge is 2.05. The molecule has 0 fully saturated rings. The summed E-state index contributed by atoms with van der Waals surface area (Å²) in [6.45, 7) is 2.72. The molecule has 1 aromatic carbocycles. The van der Waals surface area contributed by atoms with E-state index in [0.29, 0.717) is 13.0 Å². The van der Waals surface area contributed by atoms with Crippen LogP contribution in [0.2, 0.25) is 0 Å². The van der Waals surface area contributed by atoms with Gasteiger partial charge in [0.25, 0.3) is 0 Å². The second-order valence-corrected chi connectivity index (χ2v) is 3.79. The van der Waals surface area contributed by atoms with Crippen LogP contribution in [-0.2, 0) is 0 Å². The fourth-order valence-corrected chi connectivity index (χ4v) is 1.50. The Morgan fingerprint density at radius 1 is 1.59 bits per heavy atom. The Labute approximate surface area is 101 Å². The van der Waals surface area contributed by atoms with Gasteiger partial charge >= 0.3 is 0 Å². The SMILES string of the molecule is COc1cccc([C@H](C)NCC/C(N)=N/O)c1. The quantitative estimate of drug-likeness (QED) is 0.303. The summed E-state index contributed by atoms with van der Waals surface area (Å²) in [7, 11) is 1.65. The minimum atomic E-state index is 0.191. The minimum Gasteiger partial charge on any atom is -0.497 e. The van der Waals surface area contributed by atoms with Crippen LogP contribution in [0.15, 0.2) is 29.4 Å². The van der Waals surface area contributed by atoms with Crippen molar-refractivity contribution in [3.8, 4) is 5.75 Å². The lowest BCUT2D eigenvalue weighted by molar-refractivity contribution is 0.316. The zero-order valence-electron chi connectivity index (χ0n) is 10.2. The van der Waals surface area contributed by atoms with E-state index < -0.39 is 0 Å². The molecular formula is C12H19N3O2. The molecule has 1 atom stereocenters. The van der Waals surface area contributed by atoms with Crippen LogP contribution >= 0.6 is 0 Å². The van der Waals surface area contributed by atoms with Crippen LogP contribution in [0.25, 0.3) is 0 Å². The van der Waals surface area contributed by atoms with Crippen molar-refractivity contribution < 1.29 is 9.94 Å². The zero-order valence-corrected chi connectivity index (χ0v) is 10.2. The van der Waals surface area contributed by atoms with Gasteiger partial charge in [0, 0.05) is 19.0 Å². The third-order valence-electron chi connectivity index (χ3n) is 2.55. The molecule has 1 aromatic rings. The molecule has 4 N–H and O–H groups in total. The monoisotopic (exact) mass is 237 g/mol. The van der Waals surface area contributed by atoms with Crippen molar-refractivity contribution in [2.24, 2.45) is 10.9 Å². The number of benzene rings is 1. The Hall–Kier alpha value is -1.75. The molecular weight excluding hydrogens is 218 g/mol. The molecule has 0 unspecified atom stereocenters. The summed E-state index contributed by atoms with van der Waals surface area (Å²) in [5, 5.41) is 14.6. The van der Waals surface area contributed by atoms with Gasteiger partial charge in [-0.25, -0.2) is 0 Å². The van der Waals surface area contributed by atoms with Gasteiger partial charge in [-0.1, -0.05) is 17.3 Å². The van der Waals surface area contributed by atoms with Crippen LogP contribution in [0.1, 0.15) is 24.9 Å². The summed E-state index contributed by atoms with van der Waals surface area (Å²) in [5.74, 6) is 1.07. The molecule has 0 aliphatic rings. The van der Waals surface area contributed by atoms with E-state index in [0.717, 1.165) is 11.3 Å². The van der Waals surface area contributed by atoms with Gasteiger partial charge in [-0.05, 0) is 24.6 Å². The molecule has 0 aliphatic carbocycles. The molecule has 0 spiro atoms. The van der Waals surface area contributed by atoms with Crippen molar-refractivity contribution in [1.29, 1.82) is 0 Å². The van der Waals surface area contributed by atoms with Crippen LogP contribution in [0.4, 0.5) is 0 Å². The fraction of sp³-hybridized carbons (Fsp3) is 0.417. The molecule has 5 nitrogen and oxygen atoms in total. The van der Waals surface area contributed by atoms with E-state index >= 15 is 0 Å². The molecule has 0 saturated carbocycles. The lowest BCUT2D eigenvalue weighted by atomic mass is 10.1. The number of nitrogens with two attached hydrogens (primary N) is 1. The van der Waals surface area contributed by atoms with Crippen molar-refractivity contribution in [1.82, 2.24) is 5.32 Å². The standard InChI is InChI=1S/C12H19N3O2/c1-9(14-7-6-12(13)15-16)10-4-3-5-11(8-10)17-2/h3-5,8-9,14,16H,6-7H2,1-2H3,(H2,13,15)/t9-/m0/s1. The van der Waals surface area contributed by atoms with Crippen LogP contribution in [0.5, 0.6) is 5.75 Å². The number of hydrogen-bond donors (Lipinski definition) is 3. The van der Waals surface area contributed by atoms with Gasteiger partial charge in [0.15, 0.2) is 0 Å². The van der Waals surface area contributed by atoms with Crippen LogP contribution in [0, 0.1) is 0 Å². The Balaban J connectivity index is 2.48. The van der Waals surface area contributed by atoms with Crippen LogP contribution in [-0.4, -0.2) is 24.7 Å². The normalized spacial score (nSPS) is 13.4. The topological polar surface area (TPSA) is 79.9 Å². The Bertz CT molecular complexity index is 380. The van der Waals surface area contributed by atoms with E-state index in [-0.39, 0.29) is 11.9 Å². The van der Waals surface area contributed by atoms with E-state index in [2.05, 4.69) is 17.4 Å². The highest BCUT2D eigenvalue weighted by molar-refractivity contribution is 5.79. The predicted octanol–water partition coefficient (Wildman–Crippen LogP) is 1.48. The van der Waals surface area contributed by atoms with Crippen LogP contribution in [0.3, 0.4) is 0 Å². The maximum absolute atomic E-state index is 8.40. The lowest BCUT2D eigenvalue weighted by Gasteiger charge is -2.14. The van der Waals surface area contributed by atoms with E-state index in [9.17, 15) is 0 Å². The molecule has 17 heavy (non-hydrogen) atoms. The number of hydrogen-bond acceptors (Lipinski definition) is 4. The Morgan fingerprint density at radius 2 is 2.35 bits per heavy atom. The van der Waals surface area contributed by atoms with Gasteiger partial charge in [0.1, 0.15) is 11.6 Å². The summed E-state index contributed by atoms with van der Waals surface area (Å²) in [5.41, 5.74) is 6.53. The molecule has 94 valence electrons. The van der Waals surface area contributed by atoms with Crippen LogP contribution < -0.4 is 15.8 Å². The van der Waals surface area contributed by atoms with E-state index in [1.54, 1.807) is 7.11 Å². The van der Waals surface area contributed by atoms with Gasteiger partial charge < -0.3 is 21.0 Å². The largest absolute Gasteiger partial charge is 0.497 e. The molecule has 0 radical (unpaired) electrons. The third kappa shape index (κ3) is 4.32. The van der Waals surface area contributed by atoms with Gasteiger partial charge in [0.05, 0.1) is 7.11 Å². The molecule has 1 rings (SSSR count). The first-order valence-electron chi connectivity index (χ1n) is 5.51. The molecule has 5 heteroatoms. The second kappa shape index (κ2) is 6.75. The number of rotatable bonds is 6. The summed E-state index contributed by atoms with van der Waals surface area (Å²) in [4.78, 5) is 0. The molecule has 0 heterocycles. The summed E-state index contributed by atoms with van der Waals surface area (Å²) >= 11 is 0. The number of nitrogens with one attached hydrogen (secondary N) is 1. The van der Waals surface area contributed by atoms with E-state index in [4.69, 9.17) is 15.7 Å². The van der Waals surface area contributed by atoms with Gasteiger partial charge in [-0.15, -0.1) is 0 Å². The smallest absolute Gasteiger partial charge is 0.140 e. The van der Waals surface area contributed by atoms with Crippen molar-refractivity contribution in [3.63, 3.8) is 0 Å². The van der Waals surface area contributed by atoms with E-state index in [1.165, 1.54) is 0 Å². The molecule has 0 aliphatic heterocycles. The number of ether oxygens (including phenoxy) is 1. The fourth-order valence-electron chi connectivity index (χ4n) is 1.50. The number of oxime groups is 1. The van der Waals surface area contributed by atoms with Crippen molar-refractivity contribution in [2.75, 3.05) is 13.7 Å². The third-order valence-corrected chi connectivity index (χ3v) is 2.55. The first-order valence-corrected chi connectivity index (χ1v) is 5.51. The van der Waals surface area contributed by atoms with Gasteiger partial charge in [0.2, 0.25) is 0 Å². The van der Waals surface area contributed by atoms with Crippen molar-refractivity contribution in [3.05, 3.63) is 29.8 Å². The maximum atomic E-state index is 8.40. The first-order chi connectivity index (χ1) is 8.17. The Morgan fingerprint density at radius 3 is 3.00 bits per heavy atom. The number of amidine groups is 1. The highest BCUT2D eigenvalue weighted by Crippen LogP contribution is 2.18. The number of methoxy groups -OCH3 is 1. The zero-order chi connectivity index (χ0) is 12.7. The van der Waals surface area contributed by atoms with Gasteiger partial charge in [-0.2, -0.15) is 0 Å². The van der Waals surface area contributed by atoms with Crippen molar-refractivity contribution >= 4 is 5.84 Å². The maximum Gasteiger partial charge on any atom is 0.140 e. The highest BCUT2D eigenvalue weighted by atomic mass is 16.5. The van der Waals surface area contributed by atoms with Gasteiger partial charge in [-0.3, -0.25) is 0 Å². The summed E-state index contributed by atoms with van der Waals surface area (Å²) in [6, 6.07) is 8.07. The first kappa shape index (κ1) is 13.3. The average molecular weight is 237 g/mol. The summed E-state index contributed by atoms with van der Waals surface area (Å²) < 4.78 is 5.17. The van der Waals surface area contributed by atoms with Crippen molar-refractivity contribution in [2.45, 2.75) is 19.4 Å². The van der Waals surface area contributed by atoms with E-state index in [1.807, 2.05) is 24.3 Å². The summed E-state index contributed by atoms with van der Waals surface area (Å²) in [6.07, 6.45) is 0.519. The average Bonchev–Trinajstić information content (AvgIpc) is 2.38. The molecule has 0 bridgehead atoms. The Kier molecular flexibility index (Phi) is 5.29. The molecule has 0 saturated heterocycles. The molecule has 0 aromatic heterocycles. The predicted molar refractivity (Wildman–Crippen MR) is 67.4 cm³/mol.